The topological polar surface area (TPSA) is 76.5 Å². The summed E-state index contributed by atoms with van der Waals surface area (Å²) in [4.78, 5) is 33.6. The second-order valence-corrected chi connectivity index (χ2v) is 8.88. The van der Waals surface area contributed by atoms with Crippen molar-refractivity contribution in [1.29, 1.82) is 0 Å². The number of methoxy groups -OCH3 is 1. The van der Waals surface area contributed by atoms with E-state index in [0.29, 0.717) is 46.3 Å². The molecule has 0 saturated heterocycles. The molecule has 1 N–H and O–H groups in total. The van der Waals surface area contributed by atoms with Gasteiger partial charge in [-0.3, -0.25) is 9.36 Å². The molecule has 4 aromatic rings. The van der Waals surface area contributed by atoms with E-state index in [1.54, 1.807) is 46.9 Å². The molecule has 7 nitrogen and oxygen atoms in total. The van der Waals surface area contributed by atoms with Crippen molar-refractivity contribution >= 4 is 34.2 Å². The van der Waals surface area contributed by atoms with Crippen LogP contribution >= 0.6 is 11.6 Å². The predicted octanol–water partition coefficient (Wildman–Crippen LogP) is 5.84. The van der Waals surface area contributed by atoms with Gasteiger partial charge >= 0.3 is 6.03 Å². The molecule has 36 heavy (non-hydrogen) atoms. The maximum absolute atomic E-state index is 13.7. The van der Waals surface area contributed by atoms with Gasteiger partial charge in [0.15, 0.2) is 0 Å². The number of aromatic nitrogens is 2. The van der Waals surface area contributed by atoms with E-state index in [4.69, 9.17) is 21.3 Å². The summed E-state index contributed by atoms with van der Waals surface area (Å²) in [6, 6.07) is 21.1. The fourth-order valence-electron chi connectivity index (χ4n) is 4.09. The molecule has 1 aromatic heterocycles. The number of para-hydroxylation sites is 1. The quantitative estimate of drug-likeness (QED) is 0.327. The van der Waals surface area contributed by atoms with Crippen LogP contribution in [0, 0.1) is 0 Å². The van der Waals surface area contributed by atoms with E-state index < -0.39 is 6.04 Å². The number of aryl methyl sites for hydroxylation is 1. The summed E-state index contributed by atoms with van der Waals surface area (Å²) in [6.45, 7) is 4.57. The molecule has 0 aliphatic heterocycles. The van der Waals surface area contributed by atoms with Crippen LogP contribution in [0.25, 0.3) is 16.6 Å². The molecular formula is C28H29ClN4O3. The second-order valence-electron chi connectivity index (χ2n) is 8.45. The Labute approximate surface area is 215 Å². The van der Waals surface area contributed by atoms with E-state index in [1.165, 1.54) is 5.56 Å². The van der Waals surface area contributed by atoms with Crippen LogP contribution in [0.15, 0.2) is 77.6 Å². The highest BCUT2D eigenvalue weighted by molar-refractivity contribution is 6.30. The Morgan fingerprint density at radius 1 is 1.08 bits per heavy atom. The third kappa shape index (κ3) is 5.42. The Morgan fingerprint density at radius 2 is 1.78 bits per heavy atom. The highest BCUT2D eigenvalue weighted by atomic mass is 35.5. The largest absolute Gasteiger partial charge is 0.383 e. The number of halogens is 1. The number of hydrogen-bond donors (Lipinski definition) is 1. The summed E-state index contributed by atoms with van der Waals surface area (Å²) < 4.78 is 6.88. The molecule has 186 valence electrons. The lowest BCUT2D eigenvalue weighted by Crippen LogP contribution is -2.41. The van der Waals surface area contributed by atoms with Crippen LogP contribution in [0.4, 0.5) is 10.5 Å². The van der Waals surface area contributed by atoms with E-state index in [1.807, 2.05) is 49.4 Å². The molecule has 0 bridgehead atoms. The lowest BCUT2D eigenvalue weighted by atomic mass is 10.1. The van der Waals surface area contributed by atoms with Crippen molar-refractivity contribution in [2.45, 2.75) is 26.3 Å². The number of benzene rings is 3. The number of carbonyl (C=O) groups is 1. The van der Waals surface area contributed by atoms with Crippen molar-refractivity contribution in [3.8, 4) is 5.69 Å². The van der Waals surface area contributed by atoms with Crippen molar-refractivity contribution in [1.82, 2.24) is 14.5 Å². The molecule has 0 saturated carbocycles. The molecule has 0 radical (unpaired) electrons. The SMILES string of the molecule is CCc1ccc(-n2c(C(C)N(CCOC)C(=O)Nc3ccc(Cl)cc3)nc3ccccc3c2=O)cc1. The third-order valence-corrected chi connectivity index (χ3v) is 6.39. The van der Waals surface area contributed by atoms with Gasteiger partial charge in [-0.25, -0.2) is 9.78 Å². The van der Waals surface area contributed by atoms with Crippen LogP contribution in [-0.2, 0) is 11.2 Å². The number of amides is 2. The smallest absolute Gasteiger partial charge is 0.322 e. The standard InChI is InChI=1S/C28H29ClN4O3/c1-4-20-9-15-23(16-10-20)33-26(31-25-8-6-5-7-24(25)27(33)34)19(2)32(17-18-36-3)28(35)30-22-13-11-21(29)12-14-22/h5-16,19H,4,17-18H2,1-3H3,(H,30,35). The maximum Gasteiger partial charge on any atom is 0.322 e. The molecule has 1 heterocycles. The molecule has 1 unspecified atom stereocenters. The number of hydrogen-bond acceptors (Lipinski definition) is 4. The summed E-state index contributed by atoms with van der Waals surface area (Å²) in [7, 11) is 1.58. The minimum Gasteiger partial charge on any atom is -0.383 e. The van der Waals surface area contributed by atoms with Crippen LogP contribution in [0.3, 0.4) is 0 Å². The molecule has 0 spiro atoms. The lowest BCUT2D eigenvalue weighted by Gasteiger charge is -2.30. The lowest BCUT2D eigenvalue weighted by molar-refractivity contribution is 0.137. The van der Waals surface area contributed by atoms with E-state index in [9.17, 15) is 9.59 Å². The molecule has 3 aromatic carbocycles. The minimum atomic E-state index is -0.546. The summed E-state index contributed by atoms with van der Waals surface area (Å²) in [5.74, 6) is 0.463. The number of carbonyl (C=O) groups excluding carboxylic acids is 1. The first kappa shape index (κ1) is 25.4. The van der Waals surface area contributed by atoms with Crippen LogP contribution < -0.4 is 10.9 Å². The Kier molecular flexibility index (Phi) is 8.03. The van der Waals surface area contributed by atoms with Crippen LogP contribution in [0.2, 0.25) is 5.02 Å². The molecular weight excluding hydrogens is 476 g/mol. The number of nitrogens with zero attached hydrogens (tertiary/aromatic N) is 3. The first-order chi connectivity index (χ1) is 17.4. The summed E-state index contributed by atoms with van der Waals surface area (Å²) >= 11 is 5.99. The van der Waals surface area contributed by atoms with Gasteiger partial charge in [0.1, 0.15) is 5.82 Å². The van der Waals surface area contributed by atoms with E-state index in [0.717, 1.165) is 6.42 Å². The highest BCUT2D eigenvalue weighted by Gasteiger charge is 2.27. The van der Waals surface area contributed by atoms with Gasteiger partial charge < -0.3 is 15.0 Å². The number of ether oxygens (including phenoxy) is 1. The van der Waals surface area contributed by atoms with Gasteiger partial charge in [0.2, 0.25) is 0 Å². The Morgan fingerprint density at radius 3 is 2.44 bits per heavy atom. The fourth-order valence-corrected chi connectivity index (χ4v) is 4.21. The third-order valence-electron chi connectivity index (χ3n) is 6.14. The van der Waals surface area contributed by atoms with Crippen molar-refractivity contribution in [3.63, 3.8) is 0 Å². The van der Waals surface area contributed by atoms with Gasteiger partial charge in [-0.1, -0.05) is 42.8 Å². The Hall–Kier alpha value is -3.68. The van der Waals surface area contributed by atoms with Crippen molar-refractivity contribution < 1.29 is 9.53 Å². The van der Waals surface area contributed by atoms with Gasteiger partial charge in [-0.2, -0.15) is 0 Å². The minimum absolute atomic E-state index is 0.184. The van der Waals surface area contributed by atoms with Gasteiger partial charge in [-0.05, 0) is 67.4 Å². The van der Waals surface area contributed by atoms with Crippen LogP contribution in [-0.4, -0.2) is 40.7 Å². The molecule has 0 aliphatic rings. The fraction of sp³-hybridized carbons (Fsp3) is 0.250. The predicted molar refractivity (Wildman–Crippen MR) is 144 cm³/mol. The van der Waals surface area contributed by atoms with Gasteiger partial charge in [0.05, 0.1) is 29.2 Å². The molecule has 4 rings (SSSR count). The number of anilines is 1. The zero-order chi connectivity index (χ0) is 25.7. The first-order valence-corrected chi connectivity index (χ1v) is 12.2. The van der Waals surface area contributed by atoms with Crippen molar-refractivity contribution in [2.75, 3.05) is 25.6 Å². The van der Waals surface area contributed by atoms with E-state index in [-0.39, 0.29) is 11.6 Å². The van der Waals surface area contributed by atoms with E-state index in [2.05, 4.69) is 12.2 Å². The Bertz CT molecular complexity index is 1400. The van der Waals surface area contributed by atoms with Gasteiger partial charge in [0, 0.05) is 24.4 Å². The molecule has 8 heteroatoms. The first-order valence-electron chi connectivity index (χ1n) is 11.9. The van der Waals surface area contributed by atoms with Gasteiger partial charge in [-0.15, -0.1) is 0 Å². The second kappa shape index (κ2) is 11.4. The number of fused-ring (bicyclic) bond motifs is 1. The highest BCUT2D eigenvalue weighted by Crippen LogP contribution is 2.24. The molecule has 1 atom stereocenters. The van der Waals surface area contributed by atoms with E-state index >= 15 is 0 Å². The molecule has 2 amide bonds. The summed E-state index contributed by atoms with van der Waals surface area (Å²) in [5, 5.41) is 4.01. The number of rotatable bonds is 8. The number of urea groups is 1. The average molecular weight is 505 g/mol. The zero-order valence-electron chi connectivity index (χ0n) is 20.6. The Balaban J connectivity index is 1.81. The molecule has 0 aliphatic carbocycles. The normalized spacial score (nSPS) is 11.9. The van der Waals surface area contributed by atoms with Crippen LogP contribution in [0.5, 0.6) is 0 Å². The average Bonchev–Trinajstić information content (AvgIpc) is 2.90. The summed E-state index contributed by atoms with van der Waals surface area (Å²) in [6.07, 6.45) is 0.893. The molecule has 0 fully saturated rings. The summed E-state index contributed by atoms with van der Waals surface area (Å²) in [5.41, 5.74) is 2.87. The number of nitrogens with one attached hydrogen (secondary N) is 1. The van der Waals surface area contributed by atoms with Crippen molar-refractivity contribution in [3.05, 3.63) is 99.6 Å². The zero-order valence-corrected chi connectivity index (χ0v) is 21.3. The van der Waals surface area contributed by atoms with Crippen LogP contribution in [0.1, 0.15) is 31.3 Å². The van der Waals surface area contributed by atoms with Crippen molar-refractivity contribution in [2.24, 2.45) is 0 Å². The maximum atomic E-state index is 13.7. The van der Waals surface area contributed by atoms with Gasteiger partial charge in [0.25, 0.3) is 5.56 Å². The monoisotopic (exact) mass is 504 g/mol.